The Morgan fingerprint density at radius 3 is 2.87 bits per heavy atom. The smallest absolute Gasteiger partial charge is 0.124 e. The summed E-state index contributed by atoms with van der Waals surface area (Å²) in [6.45, 7) is 2.01. The Morgan fingerprint density at radius 1 is 1.53 bits per heavy atom. The fourth-order valence-corrected chi connectivity index (χ4v) is 1.92. The first-order valence-corrected chi connectivity index (χ1v) is 5.93. The molecule has 1 rings (SSSR count). The van der Waals surface area contributed by atoms with Crippen molar-refractivity contribution < 1.29 is 14.2 Å². The molecule has 0 spiro atoms. The third kappa shape index (κ3) is 3.39. The lowest BCUT2D eigenvalue weighted by Crippen LogP contribution is -2.04. The Hall–Kier alpha value is -0.740. The maximum atomic E-state index is 13.0. The Morgan fingerprint density at radius 2 is 2.27 bits per heavy atom. The van der Waals surface area contributed by atoms with E-state index < -0.39 is 6.10 Å². The lowest BCUT2D eigenvalue weighted by Gasteiger charge is -2.14. The van der Waals surface area contributed by atoms with E-state index >= 15 is 0 Å². The molecule has 0 radical (unpaired) electrons. The van der Waals surface area contributed by atoms with Gasteiger partial charge in [0.1, 0.15) is 11.6 Å². The van der Waals surface area contributed by atoms with Crippen LogP contribution in [0.4, 0.5) is 4.39 Å². The summed E-state index contributed by atoms with van der Waals surface area (Å²) in [6.07, 6.45) is -0.680. The van der Waals surface area contributed by atoms with Crippen LogP contribution in [-0.2, 0) is 0 Å². The molecule has 1 aromatic rings. The fourth-order valence-electron chi connectivity index (χ4n) is 1.28. The molecule has 2 nitrogen and oxygen atoms in total. The molecule has 0 fully saturated rings. The summed E-state index contributed by atoms with van der Waals surface area (Å²) < 4.78 is 18.1. The number of hydrogen-bond donors (Lipinski definition) is 1. The number of benzene rings is 1. The van der Waals surface area contributed by atoms with Gasteiger partial charge in [-0.25, -0.2) is 4.39 Å². The Labute approximate surface area is 93.5 Å². The number of hydrogen-bond acceptors (Lipinski definition) is 3. The standard InChI is InChI=1S/C11H15FO2S/c1-3-15-7-10(13)9-6-8(12)4-5-11(9)14-2/h4-6,10,13H,3,7H2,1-2H3. The van der Waals surface area contributed by atoms with Crippen LogP contribution in [0.1, 0.15) is 18.6 Å². The molecule has 0 saturated carbocycles. The van der Waals surface area contributed by atoms with Crippen molar-refractivity contribution in [3.8, 4) is 5.75 Å². The summed E-state index contributed by atoms with van der Waals surface area (Å²) in [5, 5.41) is 9.82. The zero-order valence-corrected chi connectivity index (χ0v) is 9.68. The van der Waals surface area contributed by atoms with Crippen molar-refractivity contribution in [2.24, 2.45) is 0 Å². The quantitative estimate of drug-likeness (QED) is 0.843. The highest BCUT2D eigenvalue weighted by Gasteiger charge is 2.13. The van der Waals surface area contributed by atoms with E-state index in [2.05, 4.69) is 0 Å². The largest absolute Gasteiger partial charge is 0.496 e. The fraction of sp³-hybridized carbons (Fsp3) is 0.455. The number of aliphatic hydroxyl groups excluding tert-OH is 1. The van der Waals surface area contributed by atoms with Crippen molar-refractivity contribution in [1.82, 2.24) is 0 Å². The van der Waals surface area contributed by atoms with Crippen LogP contribution in [0.5, 0.6) is 5.75 Å². The van der Waals surface area contributed by atoms with E-state index in [1.54, 1.807) is 11.8 Å². The summed E-state index contributed by atoms with van der Waals surface area (Å²) in [7, 11) is 1.51. The lowest BCUT2D eigenvalue weighted by molar-refractivity contribution is 0.198. The minimum atomic E-state index is -0.680. The maximum absolute atomic E-state index is 13.0. The summed E-state index contributed by atoms with van der Waals surface area (Å²) in [6, 6.07) is 4.17. The topological polar surface area (TPSA) is 29.5 Å². The second-order valence-corrected chi connectivity index (χ2v) is 4.38. The van der Waals surface area contributed by atoms with Crippen molar-refractivity contribution in [2.75, 3.05) is 18.6 Å². The molecule has 0 aliphatic heterocycles. The van der Waals surface area contributed by atoms with Gasteiger partial charge in [-0.3, -0.25) is 0 Å². The first kappa shape index (κ1) is 12.3. The van der Waals surface area contributed by atoms with E-state index in [4.69, 9.17) is 4.74 Å². The SMILES string of the molecule is CCSCC(O)c1cc(F)ccc1OC. The van der Waals surface area contributed by atoms with Crippen LogP contribution in [0.3, 0.4) is 0 Å². The molecule has 4 heteroatoms. The molecular weight excluding hydrogens is 215 g/mol. The van der Waals surface area contributed by atoms with Gasteiger partial charge >= 0.3 is 0 Å². The van der Waals surface area contributed by atoms with E-state index in [0.29, 0.717) is 17.1 Å². The Kier molecular flexibility index (Phi) is 4.91. The van der Waals surface area contributed by atoms with E-state index in [1.165, 1.54) is 25.3 Å². The van der Waals surface area contributed by atoms with Crippen LogP contribution in [0.15, 0.2) is 18.2 Å². The second kappa shape index (κ2) is 5.98. The molecule has 0 heterocycles. The lowest BCUT2D eigenvalue weighted by atomic mass is 10.1. The predicted octanol–water partition coefficient (Wildman–Crippen LogP) is 2.62. The number of rotatable bonds is 5. The zero-order chi connectivity index (χ0) is 11.3. The third-order valence-corrected chi connectivity index (χ3v) is 2.99. The minimum Gasteiger partial charge on any atom is -0.496 e. The third-order valence-electron chi connectivity index (χ3n) is 2.03. The van der Waals surface area contributed by atoms with Crippen molar-refractivity contribution in [1.29, 1.82) is 0 Å². The van der Waals surface area contributed by atoms with Gasteiger partial charge in [-0.05, 0) is 24.0 Å². The number of methoxy groups -OCH3 is 1. The van der Waals surface area contributed by atoms with Crippen LogP contribution < -0.4 is 4.74 Å². The highest BCUT2D eigenvalue weighted by Crippen LogP contribution is 2.28. The van der Waals surface area contributed by atoms with Gasteiger partial charge in [0.25, 0.3) is 0 Å². The molecule has 15 heavy (non-hydrogen) atoms. The number of halogens is 1. The summed E-state index contributed by atoms with van der Waals surface area (Å²) in [5.74, 6) is 1.65. The van der Waals surface area contributed by atoms with Crippen LogP contribution in [0, 0.1) is 5.82 Å². The highest BCUT2D eigenvalue weighted by molar-refractivity contribution is 7.99. The van der Waals surface area contributed by atoms with Gasteiger partial charge < -0.3 is 9.84 Å². The first-order valence-electron chi connectivity index (χ1n) is 4.78. The molecule has 0 aliphatic carbocycles. The number of aliphatic hydroxyl groups is 1. The molecule has 0 amide bonds. The van der Waals surface area contributed by atoms with Gasteiger partial charge in [-0.1, -0.05) is 6.92 Å². The van der Waals surface area contributed by atoms with Crippen molar-refractivity contribution in [2.45, 2.75) is 13.0 Å². The minimum absolute atomic E-state index is 0.355. The molecule has 0 bridgehead atoms. The molecule has 1 atom stereocenters. The van der Waals surface area contributed by atoms with Crippen LogP contribution in [-0.4, -0.2) is 23.7 Å². The van der Waals surface area contributed by atoms with Gasteiger partial charge in [0, 0.05) is 11.3 Å². The summed E-state index contributed by atoms with van der Waals surface area (Å²) in [5.41, 5.74) is 0.512. The number of ether oxygens (including phenoxy) is 1. The Bertz CT molecular complexity index is 317. The van der Waals surface area contributed by atoms with Crippen molar-refractivity contribution >= 4 is 11.8 Å². The maximum Gasteiger partial charge on any atom is 0.124 e. The normalized spacial score (nSPS) is 12.5. The number of thioether (sulfide) groups is 1. The van der Waals surface area contributed by atoms with E-state index in [9.17, 15) is 9.50 Å². The molecule has 0 saturated heterocycles. The average molecular weight is 230 g/mol. The van der Waals surface area contributed by atoms with Gasteiger partial charge in [-0.2, -0.15) is 11.8 Å². The molecule has 1 aromatic carbocycles. The van der Waals surface area contributed by atoms with Crippen LogP contribution in [0.25, 0.3) is 0 Å². The summed E-state index contributed by atoms with van der Waals surface area (Å²) in [4.78, 5) is 0. The van der Waals surface area contributed by atoms with E-state index in [1.807, 2.05) is 6.92 Å². The van der Waals surface area contributed by atoms with Crippen molar-refractivity contribution in [3.63, 3.8) is 0 Å². The van der Waals surface area contributed by atoms with Crippen LogP contribution >= 0.6 is 11.8 Å². The van der Waals surface area contributed by atoms with Gasteiger partial charge in [0.15, 0.2) is 0 Å². The van der Waals surface area contributed by atoms with Gasteiger partial charge in [0.2, 0.25) is 0 Å². The first-order chi connectivity index (χ1) is 7.19. The average Bonchev–Trinajstić information content (AvgIpc) is 2.25. The van der Waals surface area contributed by atoms with Crippen LogP contribution in [0.2, 0.25) is 0 Å². The Balaban J connectivity index is 2.85. The van der Waals surface area contributed by atoms with E-state index in [0.717, 1.165) is 5.75 Å². The molecule has 84 valence electrons. The molecule has 0 aliphatic rings. The molecule has 0 aromatic heterocycles. The predicted molar refractivity (Wildman–Crippen MR) is 60.9 cm³/mol. The van der Waals surface area contributed by atoms with E-state index in [-0.39, 0.29) is 5.82 Å². The van der Waals surface area contributed by atoms with Crippen molar-refractivity contribution in [3.05, 3.63) is 29.6 Å². The van der Waals surface area contributed by atoms with Gasteiger partial charge in [0.05, 0.1) is 13.2 Å². The molecule has 1 N–H and O–H groups in total. The second-order valence-electron chi connectivity index (χ2n) is 3.06. The van der Waals surface area contributed by atoms with Gasteiger partial charge in [-0.15, -0.1) is 0 Å². The highest BCUT2D eigenvalue weighted by atomic mass is 32.2. The monoisotopic (exact) mass is 230 g/mol. The molecule has 1 unspecified atom stereocenters. The molecular formula is C11H15FO2S. The summed E-state index contributed by atoms with van der Waals surface area (Å²) >= 11 is 1.61. The zero-order valence-electron chi connectivity index (χ0n) is 8.87.